The van der Waals surface area contributed by atoms with Crippen molar-refractivity contribution in [3.8, 4) is 11.1 Å². The third kappa shape index (κ3) is 5.68. The summed E-state index contributed by atoms with van der Waals surface area (Å²) in [5, 5.41) is 9.29. The number of ether oxygens (including phenoxy) is 1. The predicted octanol–water partition coefficient (Wildman–Crippen LogP) is 5.41. The Labute approximate surface area is 219 Å². The summed E-state index contributed by atoms with van der Waals surface area (Å²) in [7, 11) is 1.77. The van der Waals surface area contributed by atoms with Gasteiger partial charge in [-0.25, -0.2) is 13.6 Å². The number of nitrogens with zero attached hydrogens (tertiary/aromatic N) is 4. The van der Waals surface area contributed by atoms with E-state index in [-0.39, 0.29) is 5.69 Å². The van der Waals surface area contributed by atoms with Gasteiger partial charge in [-0.3, -0.25) is 14.6 Å². The zero-order valence-electron chi connectivity index (χ0n) is 20.6. The molecule has 0 bridgehead atoms. The average Bonchev–Trinajstić information content (AvgIpc) is 3.27. The zero-order valence-corrected chi connectivity index (χ0v) is 20.6. The van der Waals surface area contributed by atoms with Crippen LogP contribution in [0, 0.1) is 11.6 Å². The summed E-state index contributed by atoms with van der Waals surface area (Å²) in [5.41, 5.74) is 0.577. The molecule has 4 aromatic rings. The minimum Gasteiger partial charge on any atom is -0.379 e. The van der Waals surface area contributed by atoms with Crippen LogP contribution in [0.4, 0.5) is 38.1 Å². The molecule has 204 valence electrons. The molecule has 2 aromatic heterocycles. The number of morpholine rings is 1. The van der Waals surface area contributed by atoms with Crippen LogP contribution in [0.5, 0.6) is 0 Å². The average molecular weight is 547 g/mol. The molecular weight excluding hydrogens is 523 g/mol. The Morgan fingerprint density at radius 1 is 1.00 bits per heavy atom. The number of hydrogen-bond acceptors (Lipinski definition) is 5. The molecular formula is C26H23F5N6O2. The number of aromatic nitrogens is 3. The lowest BCUT2D eigenvalue weighted by Crippen LogP contribution is -2.36. The number of benzene rings is 2. The van der Waals surface area contributed by atoms with Gasteiger partial charge in [0.1, 0.15) is 11.6 Å². The van der Waals surface area contributed by atoms with Gasteiger partial charge in [-0.2, -0.15) is 18.3 Å². The maximum Gasteiger partial charge on any atom is 0.416 e. The third-order valence-corrected chi connectivity index (χ3v) is 6.41. The topological polar surface area (TPSA) is 84.3 Å². The molecule has 13 heteroatoms. The number of carbonyl (C=O) groups is 1. The molecule has 2 aromatic carbocycles. The van der Waals surface area contributed by atoms with Gasteiger partial charge >= 0.3 is 12.2 Å². The minimum absolute atomic E-state index is 0.246. The van der Waals surface area contributed by atoms with E-state index in [4.69, 9.17) is 4.74 Å². The Morgan fingerprint density at radius 3 is 2.46 bits per heavy atom. The lowest BCUT2D eigenvalue weighted by atomic mass is 9.99. The molecule has 0 saturated carbocycles. The number of fused-ring (bicyclic) bond motifs is 1. The van der Waals surface area contributed by atoms with Crippen molar-refractivity contribution < 1.29 is 31.5 Å². The highest BCUT2D eigenvalue weighted by Gasteiger charge is 2.31. The van der Waals surface area contributed by atoms with Crippen molar-refractivity contribution in [1.82, 2.24) is 19.7 Å². The maximum absolute atomic E-state index is 15.2. The number of halogens is 5. The van der Waals surface area contributed by atoms with Crippen molar-refractivity contribution in [2.75, 3.05) is 36.9 Å². The lowest BCUT2D eigenvalue weighted by Gasteiger charge is -2.27. The van der Waals surface area contributed by atoms with E-state index in [1.54, 1.807) is 30.2 Å². The van der Waals surface area contributed by atoms with Gasteiger partial charge in [0.05, 0.1) is 53.8 Å². The van der Waals surface area contributed by atoms with Gasteiger partial charge in [-0.1, -0.05) is 6.07 Å². The van der Waals surface area contributed by atoms with Crippen LogP contribution in [0.15, 0.2) is 48.8 Å². The Morgan fingerprint density at radius 2 is 1.74 bits per heavy atom. The van der Waals surface area contributed by atoms with Gasteiger partial charge in [0.25, 0.3) is 0 Å². The molecule has 5 rings (SSSR count). The third-order valence-electron chi connectivity index (χ3n) is 6.41. The van der Waals surface area contributed by atoms with Gasteiger partial charge in [0.15, 0.2) is 0 Å². The molecule has 1 aliphatic heterocycles. The highest BCUT2D eigenvalue weighted by atomic mass is 19.4. The lowest BCUT2D eigenvalue weighted by molar-refractivity contribution is -0.137. The van der Waals surface area contributed by atoms with E-state index in [0.717, 1.165) is 29.7 Å². The summed E-state index contributed by atoms with van der Waals surface area (Å²) in [5.74, 6) is -1.87. The molecule has 0 atom stereocenters. The molecule has 0 aliphatic carbocycles. The van der Waals surface area contributed by atoms with Crippen LogP contribution in [-0.2, 0) is 24.5 Å². The van der Waals surface area contributed by atoms with Crippen molar-refractivity contribution in [2.24, 2.45) is 7.05 Å². The van der Waals surface area contributed by atoms with E-state index < -0.39 is 35.1 Å². The van der Waals surface area contributed by atoms with Crippen LogP contribution < -0.4 is 10.6 Å². The number of anilines is 2. The number of carbonyl (C=O) groups excluding carboxylic acids is 1. The number of amides is 2. The highest BCUT2D eigenvalue weighted by Crippen LogP contribution is 2.34. The van der Waals surface area contributed by atoms with E-state index in [1.165, 1.54) is 12.1 Å². The summed E-state index contributed by atoms with van der Waals surface area (Å²) in [6, 6.07) is 4.65. The van der Waals surface area contributed by atoms with E-state index in [1.807, 2.05) is 5.32 Å². The van der Waals surface area contributed by atoms with E-state index in [9.17, 15) is 22.4 Å². The Balaban J connectivity index is 1.41. The van der Waals surface area contributed by atoms with Crippen molar-refractivity contribution in [3.05, 3.63) is 71.7 Å². The molecule has 0 unspecified atom stereocenters. The van der Waals surface area contributed by atoms with Crippen LogP contribution in [0.2, 0.25) is 0 Å². The Kier molecular flexibility index (Phi) is 7.19. The van der Waals surface area contributed by atoms with E-state index in [2.05, 4.69) is 20.3 Å². The smallest absolute Gasteiger partial charge is 0.379 e. The second-order valence-corrected chi connectivity index (χ2v) is 9.00. The second-order valence-electron chi connectivity index (χ2n) is 9.00. The first-order chi connectivity index (χ1) is 18.6. The molecule has 3 heterocycles. The molecule has 0 spiro atoms. The molecule has 2 N–H and O–H groups in total. The molecule has 0 radical (unpaired) electrons. The number of hydrogen-bond donors (Lipinski definition) is 2. The number of nitrogens with one attached hydrogen (secondary N) is 2. The Bertz CT molecular complexity index is 1530. The summed E-state index contributed by atoms with van der Waals surface area (Å²) < 4.78 is 75.1. The van der Waals surface area contributed by atoms with Crippen molar-refractivity contribution >= 4 is 28.3 Å². The molecule has 1 fully saturated rings. The molecule has 8 nitrogen and oxygen atoms in total. The quantitative estimate of drug-likeness (QED) is 0.327. The van der Waals surface area contributed by atoms with Crippen LogP contribution in [0.3, 0.4) is 0 Å². The van der Waals surface area contributed by atoms with Crippen molar-refractivity contribution in [1.29, 1.82) is 0 Å². The summed E-state index contributed by atoms with van der Waals surface area (Å²) in [4.78, 5) is 19.2. The van der Waals surface area contributed by atoms with Crippen molar-refractivity contribution in [2.45, 2.75) is 12.7 Å². The highest BCUT2D eigenvalue weighted by molar-refractivity contribution is 6.00. The first-order valence-corrected chi connectivity index (χ1v) is 11.9. The number of rotatable bonds is 5. The van der Waals surface area contributed by atoms with Crippen LogP contribution in [0.1, 0.15) is 11.3 Å². The molecule has 2 amide bonds. The van der Waals surface area contributed by atoms with E-state index in [0.29, 0.717) is 49.1 Å². The summed E-state index contributed by atoms with van der Waals surface area (Å²) in [6.45, 7) is 3.17. The maximum atomic E-state index is 15.2. The predicted molar refractivity (Wildman–Crippen MR) is 134 cm³/mol. The second kappa shape index (κ2) is 10.6. The van der Waals surface area contributed by atoms with Crippen LogP contribution in [0.25, 0.3) is 22.0 Å². The van der Waals surface area contributed by atoms with Gasteiger partial charge < -0.3 is 15.4 Å². The largest absolute Gasteiger partial charge is 0.416 e. The zero-order chi connectivity index (χ0) is 27.7. The van der Waals surface area contributed by atoms with Crippen molar-refractivity contribution in [3.63, 3.8) is 0 Å². The number of urea groups is 1. The number of aryl methyl sites for hydroxylation is 1. The summed E-state index contributed by atoms with van der Waals surface area (Å²) >= 11 is 0. The van der Waals surface area contributed by atoms with Gasteiger partial charge in [-0.15, -0.1) is 0 Å². The van der Waals surface area contributed by atoms with Gasteiger partial charge in [-0.05, 0) is 35.9 Å². The number of pyridine rings is 1. The molecule has 1 saturated heterocycles. The first-order valence-electron chi connectivity index (χ1n) is 11.9. The normalized spacial score (nSPS) is 14.5. The standard InChI is InChI=1S/C26H23F5N6O2/c1-36-23-13-32-22(14-37-6-8-39-9-7-37)24(17(23)12-33-36)15-2-5-20(19(28)10-15)34-25(38)35-21-11-16(26(29,30)31)3-4-18(21)27/h2-5,10-13H,6-9,14H2,1H3,(H2,34,35,38). The van der Waals surface area contributed by atoms with Crippen LogP contribution >= 0.6 is 0 Å². The fourth-order valence-electron chi connectivity index (χ4n) is 4.41. The fraction of sp³-hybridized carbons (Fsp3) is 0.269. The molecule has 1 aliphatic rings. The van der Waals surface area contributed by atoms with Gasteiger partial charge in [0, 0.05) is 37.6 Å². The SMILES string of the molecule is Cn1ncc2c(-c3ccc(NC(=O)Nc4cc(C(F)(F)F)ccc4F)c(F)c3)c(CN3CCOCC3)ncc21. The first kappa shape index (κ1) is 26.5. The Hall–Kier alpha value is -4.10. The summed E-state index contributed by atoms with van der Waals surface area (Å²) in [6.07, 6.45) is -1.34. The van der Waals surface area contributed by atoms with Gasteiger partial charge in [0.2, 0.25) is 0 Å². The number of alkyl halides is 3. The minimum atomic E-state index is -4.73. The molecule has 39 heavy (non-hydrogen) atoms. The fourth-order valence-corrected chi connectivity index (χ4v) is 4.41. The monoisotopic (exact) mass is 546 g/mol. The van der Waals surface area contributed by atoms with Crippen LogP contribution in [-0.4, -0.2) is 52.0 Å². The van der Waals surface area contributed by atoms with E-state index >= 15 is 4.39 Å².